The first-order chi connectivity index (χ1) is 18.4. The maximum absolute atomic E-state index is 13.5. The number of nitrogens with two attached hydrogens (primary N) is 1. The van der Waals surface area contributed by atoms with Crippen LogP contribution in [0.5, 0.6) is 0 Å². The molecule has 0 spiro atoms. The zero-order valence-corrected chi connectivity index (χ0v) is 22.3. The normalized spacial score (nSPS) is 12.5. The van der Waals surface area contributed by atoms with Crippen molar-refractivity contribution in [2.24, 2.45) is 5.73 Å². The van der Waals surface area contributed by atoms with Gasteiger partial charge in [0.1, 0.15) is 6.61 Å². The summed E-state index contributed by atoms with van der Waals surface area (Å²) in [5.41, 5.74) is 9.03. The Morgan fingerprint density at radius 1 is 1.16 bits per heavy atom. The number of alkyl carbamates (subject to hydrolysis) is 1. The highest BCUT2D eigenvalue weighted by molar-refractivity contribution is 7.16. The Morgan fingerprint density at radius 3 is 2.68 bits per heavy atom. The number of rotatable bonds is 14. The molecule has 3 aromatic rings. The quantitative estimate of drug-likeness (QED) is 0.230. The number of carbonyl (C=O) groups is 3. The third kappa shape index (κ3) is 9.00. The second-order valence-corrected chi connectivity index (χ2v) is 9.81. The highest BCUT2D eigenvalue weighted by Gasteiger charge is 2.27. The molecular formula is C27H35N5O5S. The summed E-state index contributed by atoms with van der Waals surface area (Å²) < 4.78 is 6.05. The lowest BCUT2D eigenvalue weighted by Gasteiger charge is -2.30. The molecule has 0 radical (unpaired) electrons. The van der Waals surface area contributed by atoms with Gasteiger partial charge in [-0.25, -0.2) is 14.6 Å². The number of aliphatic hydroxyl groups is 1. The summed E-state index contributed by atoms with van der Waals surface area (Å²) in [5.74, 6) is -0.186. The van der Waals surface area contributed by atoms with E-state index in [9.17, 15) is 19.5 Å². The summed E-state index contributed by atoms with van der Waals surface area (Å²) in [4.78, 5) is 42.7. The van der Waals surface area contributed by atoms with Crippen molar-refractivity contribution in [1.82, 2.24) is 20.5 Å². The van der Waals surface area contributed by atoms with Crippen LogP contribution in [0.2, 0.25) is 0 Å². The molecule has 0 saturated carbocycles. The summed E-state index contributed by atoms with van der Waals surface area (Å²) in [6.45, 7) is 2.59. The highest BCUT2D eigenvalue weighted by Crippen LogP contribution is 2.21. The molecule has 10 nitrogen and oxygen atoms in total. The van der Waals surface area contributed by atoms with Crippen LogP contribution in [0, 0.1) is 0 Å². The van der Waals surface area contributed by atoms with Crippen LogP contribution < -0.4 is 16.4 Å². The van der Waals surface area contributed by atoms with Crippen molar-refractivity contribution in [3.8, 4) is 0 Å². The van der Waals surface area contributed by atoms with Gasteiger partial charge in [0.05, 0.1) is 34.4 Å². The van der Waals surface area contributed by atoms with Crippen LogP contribution in [-0.2, 0) is 11.2 Å². The lowest BCUT2D eigenvalue weighted by atomic mass is 10.0. The van der Waals surface area contributed by atoms with Gasteiger partial charge in [-0.2, -0.15) is 0 Å². The fraction of sp³-hybridized carbons (Fsp3) is 0.407. The molecule has 0 aliphatic carbocycles. The molecule has 0 aliphatic heterocycles. The van der Waals surface area contributed by atoms with Crippen molar-refractivity contribution in [2.75, 3.05) is 26.2 Å². The average molecular weight is 542 g/mol. The number of aliphatic hydroxyl groups excluding tert-OH is 1. The number of fused-ring (bicyclic) bond motifs is 1. The topological polar surface area (TPSA) is 147 Å². The van der Waals surface area contributed by atoms with Gasteiger partial charge in [-0.15, -0.1) is 11.3 Å². The fourth-order valence-corrected chi connectivity index (χ4v) is 4.73. The van der Waals surface area contributed by atoms with E-state index in [0.29, 0.717) is 18.5 Å². The number of carbonyl (C=O) groups excluding carboxylic acids is 3. The lowest BCUT2D eigenvalue weighted by Crippen LogP contribution is -2.51. The molecule has 0 aliphatic rings. The number of benzene rings is 2. The number of unbranched alkanes of at least 4 members (excludes halogenated alkanes) is 2. The van der Waals surface area contributed by atoms with E-state index in [0.717, 1.165) is 35.0 Å². The van der Waals surface area contributed by atoms with E-state index in [1.54, 1.807) is 16.5 Å². The molecule has 0 fully saturated rings. The SMILES string of the molecule is CCCCCN(C[C@@H](O)[C@H](Cc1ccccc1)NC(=O)OCCNC(N)=O)C(=O)c1ccc2ncsc2c1. The van der Waals surface area contributed by atoms with Gasteiger partial charge >= 0.3 is 12.1 Å². The average Bonchev–Trinajstić information content (AvgIpc) is 3.38. The van der Waals surface area contributed by atoms with Gasteiger partial charge in [0.2, 0.25) is 0 Å². The maximum Gasteiger partial charge on any atom is 0.407 e. The van der Waals surface area contributed by atoms with Crippen molar-refractivity contribution in [3.05, 3.63) is 65.2 Å². The van der Waals surface area contributed by atoms with Crippen LogP contribution in [0.1, 0.15) is 42.1 Å². The molecule has 204 valence electrons. The Kier molecular flexibility index (Phi) is 11.3. The molecule has 11 heteroatoms. The van der Waals surface area contributed by atoms with Crippen LogP contribution in [0.4, 0.5) is 9.59 Å². The number of nitrogens with zero attached hydrogens (tertiary/aromatic N) is 2. The predicted octanol–water partition coefficient (Wildman–Crippen LogP) is 3.30. The Hall–Kier alpha value is -3.70. The second kappa shape index (κ2) is 14.9. The Labute approximate surface area is 226 Å². The Bertz CT molecular complexity index is 1190. The third-order valence-corrected chi connectivity index (χ3v) is 6.80. The van der Waals surface area contributed by atoms with Crippen molar-refractivity contribution in [1.29, 1.82) is 0 Å². The van der Waals surface area contributed by atoms with E-state index in [1.807, 2.05) is 42.5 Å². The van der Waals surface area contributed by atoms with Crippen LogP contribution in [-0.4, -0.2) is 71.4 Å². The highest BCUT2D eigenvalue weighted by atomic mass is 32.1. The maximum atomic E-state index is 13.5. The lowest BCUT2D eigenvalue weighted by molar-refractivity contribution is 0.0520. The van der Waals surface area contributed by atoms with E-state index in [1.165, 1.54) is 11.3 Å². The zero-order chi connectivity index (χ0) is 27.3. The summed E-state index contributed by atoms with van der Waals surface area (Å²) in [5, 5.41) is 16.3. The third-order valence-electron chi connectivity index (χ3n) is 6.01. The number of primary amides is 1. The number of hydrogen-bond acceptors (Lipinski definition) is 7. The Morgan fingerprint density at radius 2 is 1.95 bits per heavy atom. The molecule has 3 rings (SSSR count). The molecule has 38 heavy (non-hydrogen) atoms. The van der Waals surface area contributed by atoms with Crippen LogP contribution in [0.3, 0.4) is 0 Å². The summed E-state index contributed by atoms with van der Waals surface area (Å²) >= 11 is 1.47. The first-order valence-electron chi connectivity index (χ1n) is 12.7. The summed E-state index contributed by atoms with van der Waals surface area (Å²) in [6.07, 6.45) is 1.26. The molecule has 1 aromatic heterocycles. The molecule has 4 amide bonds. The van der Waals surface area contributed by atoms with Gasteiger partial charge in [0, 0.05) is 18.7 Å². The van der Waals surface area contributed by atoms with Crippen molar-refractivity contribution in [2.45, 2.75) is 44.8 Å². The van der Waals surface area contributed by atoms with Gasteiger partial charge in [0.25, 0.3) is 5.91 Å². The van der Waals surface area contributed by atoms with Gasteiger partial charge in [-0.3, -0.25) is 4.79 Å². The van der Waals surface area contributed by atoms with Gasteiger partial charge in [-0.1, -0.05) is 50.1 Å². The van der Waals surface area contributed by atoms with Gasteiger partial charge < -0.3 is 31.1 Å². The Balaban J connectivity index is 1.73. The molecule has 0 unspecified atom stereocenters. The molecule has 2 atom stereocenters. The molecule has 1 heterocycles. The number of hydrogen-bond donors (Lipinski definition) is 4. The summed E-state index contributed by atoms with van der Waals surface area (Å²) in [6, 6.07) is 13.4. The van der Waals surface area contributed by atoms with Crippen molar-refractivity contribution in [3.63, 3.8) is 0 Å². The first kappa shape index (κ1) is 28.9. The van der Waals surface area contributed by atoms with Crippen molar-refractivity contribution < 1.29 is 24.2 Å². The summed E-state index contributed by atoms with van der Waals surface area (Å²) in [7, 11) is 0. The molecular weight excluding hydrogens is 506 g/mol. The number of amides is 4. The number of ether oxygens (including phenoxy) is 1. The van der Waals surface area contributed by atoms with Crippen LogP contribution in [0.15, 0.2) is 54.0 Å². The minimum Gasteiger partial charge on any atom is -0.448 e. The number of aromatic nitrogens is 1. The molecule has 0 saturated heterocycles. The fourth-order valence-electron chi connectivity index (χ4n) is 4.01. The van der Waals surface area contributed by atoms with Crippen LogP contribution >= 0.6 is 11.3 Å². The van der Waals surface area contributed by atoms with E-state index >= 15 is 0 Å². The second-order valence-electron chi connectivity index (χ2n) is 8.93. The van der Waals surface area contributed by atoms with E-state index in [2.05, 4.69) is 22.5 Å². The minimum atomic E-state index is -1.07. The minimum absolute atomic E-state index is 0.0320. The predicted molar refractivity (Wildman–Crippen MR) is 147 cm³/mol. The number of urea groups is 1. The molecule has 5 N–H and O–H groups in total. The van der Waals surface area contributed by atoms with Crippen molar-refractivity contribution >= 4 is 39.6 Å². The largest absolute Gasteiger partial charge is 0.448 e. The number of nitrogens with one attached hydrogen (secondary N) is 2. The molecule has 2 aromatic carbocycles. The first-order valence-corrected chi connectivity index (χ1v) is 13.6. The molecule has 0 bridgehead atoms. The zero-order valence-electron chi connectivity index (χ0n) is 21.5. The van der Waals surface area contributed by atoms with E-state index in [-0.39, 0.29) is 25.6 Å². The number of thiazole rings is 1. The van der Waals surface area contributed by atoms with Gasteiger partial charge in [-0.05, 0) is 36.6 Å². The monoisotopic (exact) mass is 541 g/mol. The van der Waals surface area contributed by atoms with Crippen LogP contribution in [0.25, 0.3) is 10.2 Å². The van der Waals surface area contributed by atoms with Gasteiger partial charge in [0.15, 0.2) is 0 Å². The standard InChI is InChI=1S/C27H35N5O5S/c1-2-3-7-13-32(25(34)20-10-11-21-24(16-20)38-18-30-21)17-23(33)22(15-19-8-5-4-6-9-19)31-27(36)37-14-12-29-26(28)35/h4-6,8-11,16,18,22-23,33H,2-3,7,12-15,17H2,1H3,(H,31,36)(H3,28,29,35)/t22-,23+/m0/s1. The van der Waals surface area contributed by atoms with E-state index in [4.69, 9.17) is 10.5 Å². The van der Waals surface area contributed by atoms with E-state index < -0.39 is 24.3 Å². The smallest absolute Gasteiger partial charge is 0.407 e.